The van der Waals surface area contributed by atoms with Crippen LogP contribution in [0.5, 0.6) is 0 Å². The van der Waals surface area contributed by atoms with Gasteiger partial charge in [0.15, 0.2) is 0 Å². The number of likely N-dealkylation sites (N-methyl/N-ethyl adjacent to an activating group) is 1. The molecule has 1 atom stereocenters. The van der Waals surface area contributed by atoms with Gasteiger partial charge in [-0.1, -0.05) is 0 Å². The van der Waals surface area contributed by atoms with Gasteiger partial charge in [-0.05, 0) is 14.0 Å². The fourth-order valence-corrected chi connectivity index (χ4v) is 0.687. The predicted molar refractivity (Wildman–Crippen MR) is 41.2 cm³/mol. The van der Waals surface area contributed by atoms with E-state index >= 15 is 0 Å². The van der Waals surface area contributed by atoms with Gasteiger partial charge in [0, 0.05) is 20.3 Å². The van der Waals surface area contributed by atoms with Crippen molar-refractivity contribution in [1.29, 1.82) is 0 Å². The first-order chi connectivity index (χ1) is 4.85. The van der Waals surface area contributed by atoms with Crippen LogP contribution in [0.4, 0.5) is 0 Å². The Morgan fingerprint density at radius 3 is 2.60 bits per heavy atom. The Labute approximate surface area is 62.7 Å². The van der Waals surface area contributed by atoms with Crippen LogP contribution in [0.2, 0.25) is 0 Å². The second-order valence-electron chi connectivity index (χ2n) is 2.07. The Morgan fingerprint density at radius 2 is 2.20 bits per heavy atom. The molecule has 0 bridgehead atoms. The number of rotatable bonds is 6. The van der Waals surface area contributed by atoms with Gasteiger partial charge in [0.05, 0.1) is 12.7 Å². The lowest BCUT2D eigenvalue weighted by Crippen LogP contribution is -2.29. The molecule has 0 aromatic carbocycles. The summed E-state index contributed by atoms with van der Waals surface area (Å²) >= 11 is 0. The highest BCUT2D eigenvalue weighted by molar-refractivity contribution is 4.56. The van der Waals surface area contributed by atoms with E-state index in [1.807, 2.05) is 14.0 Å². The van der Waals surface area contributed by atoms with E-state index in [4.69, 9.17) is 9.47 Å². The lowest BCUT2D eigenvalue weighted by molar-refractivity contribution is 0.0144. The highest BCUT2D eigenvalue weighted by Gasteiger charge is 2.03. The molecule has 3 nitrogen and oxygen atoms in total. The fraction of sp³-hybridized carbons (Fsp3) is 1.00. The summed E-state index contributed by atoms with van der Waals surface area (Å²) in [5.41, 5.74) is 0. The van der Waals surface area contributed by atoms with Crippen molar-refractivity contribution < 1.29 is 9.47 Å². The first kappa shape index (κ1) is 9.88. The summed E-state index contributed by atoms with van der Waals surface area (Å²) in [4.78, 5) is 0. The van der Waals surface area contributed by atoms with Crippen molar-refractivity contribution in [3.63, 3.8) is 0 Å². The summed E-state index contributed by atoms with van der Waals surface area (Å²) in [6.45, 7) is 4.25. The summed E-state index contributed by atoms with van der Waals surface area (Å²) in [5.74, 6) is 0. The first-order valence-corrected chi connectivity index (χ1v) is 3.60. The lowest BCUT2D eigenvalue weighted by atomic mass is 10.4. The molecule has 3 heteroatoms. The molecular weight excluding hydrogens is 130 g/mol. The molecule has 1 N–H and O–H groups in total. The summed E-state index contributed by atoms with van der Waals surface area (Å²) in [6.07, 6.45) is 0.185. The lowest BCUT2D eigenvalue weighted by Gasteiger charge is -2.13. The number of hydrogen-bond donors (Lipinski definition) is 1. The van der Waals surface area contributed by atoms with E-state index in [9.17, 15) is 0 Å². The Hall–Kier alpha value is -0.120. The molecule has 0 aromatic heterocycles. The Kier molecular flexibility index (Phi) is 6.91. The van der Waals surface area contributed by atoms with Gasteiger partial charge < -0.3 is 14.8 Å². The van der Waals surface area contributed by atoms with Gasteiger partial charge in [0.2, 0.25) is 0 Å². The molecule has 0 rings (SSSR count). The largest absolute Gasteiger partial charge is 0.379 e. The smallest absolute Gasteiger partial charge is 0.0928 e. The van der Waals surface area contributed by atoms with Gasteiger partial charge in [-0.2, -0.15) is 0 Å². The molecule has 0 heterocycles. The highest BCUT2D eigenvalue weighted by Crippen LogP contribution is 1.88. The minimum Gasteiger partial charge on any atom is -0.379 e. The average molecular weight is 147 g/mol. The van der Waals surface area contributed by atoms with E-state index in [1.165, 1.54) is 0 Å². The van der Waals surface area contributed by atoms with Gasteiger partial charge in [-0.15, -0.1) is 0 Å². The maximum Gasteiger partial charge on any atom is 0.0928 e. The molecule has 0 aliphatic carbocycles. The van der Waals surface area contributed by atoms with E-state index in [1.54, 1.807) is 7.11 Å². The van der Waals surface area contributed by atoms with Crippen molar-refractivity contribution in [1.82, 2.24) is 5.32 Å². The summed E-state index contributed by atoms with van der Waals surface area (Å²) < 4.78 is 10.3. The van der Waals surface area contributed by atoms with Gasteiger partial charge in [0.25, 0.3) is 0 Å². The fourth-order valence-electron chi connectivity index (χ4n) is 0.687. The first-order valence-electron chi connectivity index (χ1n) is 3.60. The summed E-state index contributed by atoms with van der Waals surface area (Å²) in [5, 5.41) is 3.02. The van der Waals surface area contributed by atoms with Gasteiger partial charge in [0.1, 0.15) is 0 Å². The zero-order chi connectivity index (χ0) is 7.82. The highest BCUT2D eigenvalue weighted by atomic mass is 16.5. The maximum atomic E-state index is 5.17. The van der Waals surface area contributed by atoms with E-state index in [2.05, 4.69) is 5.32 Å². The molecule has 0 aliphatic heterocycles. The monoisotopic (exact) mass is 147 g/mol. The molecule has 0 aromatic rings. The molecule has 0 saturated heterocycles. The Morgan fingerprint density at radius 1 is 1.50 bits per heavy atom. The third-order valence-electron chi connectivity index (χ3n) is 1.27. The second kappa shape index (κ2) is 6.99. The molecule has 0 amide bonds. The number of ether oxygens (including phenoxy) is 2. The van der Waals surface area contributed by atoms with E-state index < -0.39 is 0 Å². The molecular formula is C7H17NO2. The SMILES string of the molecule is CCOCC(CNC)OC. The molecule has 0 fully saturated rings. The van der Waals surface area contributed by atoms with Crippen LogP contribution in [0.25, 0.3) is 0 Å². The normalized spacial score (nSPS) is 13.5. The van der Waals surface area contributed by atoms with Gasteiger partial charge in [-0.3, -0.25) is 0 Å². The maximum absolute atomic E-state index is 5.17. The van der Waals surface area contributed by atoms with Crippen LogP contribution in [-0.2, 0) is 9.47 Å². The second-order valence-corrected chi connectivity index (χ2v) is 2.07. The van der Waals surface area contributed by atoms with E-state index in [0.717, 1.165) is 13.2 Å². The summed E-state index contributed by atoms with van der Waals surface area (Å²) in [6, 6.07) is 0. The van der Waals surface area contributed by atoms with Crippen LogP contribution in [0.1, 0.15) is 6.92 Å². The average Bonchev–Trinajstić information content (AvgIpc) is 1.98. The molecule has 0 saturated carbocycles. The van der Waals surface area contributed by atoms with Crippen LogP contribution in [-0.4, -0.2) is 40.0 Å². The molecule has 1 unspecified atom stereocenters. The van der Waals surface area contributed by atoms with E-state index in [0.29, 0.717) is 6.61 Å². The topological polar surface area (TPSA) is 30.5 Å². The molecule has 62 valence electrons. The zero-order valence-electron chi connectivity index (χ0n) is 7.02. The quantitative estimate of drug-likeness (QED) is 0.584. The molecule has 0 radical (unpaired) electrons. The molecule has 0 aliphatic rings. The van der Waals surface area contributed by atoms with Crippen LogP contribution < -0.4 is 5.32 Å². The predicted octanol–water partition coefficient (Wildman–Crippen LogP) is 0.257. The van der Waals surface area contributed by atoms with Gasteiger partial charge >= 0.3 is 0 Å². The zero-order valence-corrected chi connectivity index (χ0v) is 7.02. The van der Waals surface area contributed by atoms with Crippen LogP contribution >= 0.6 is 0 Å². The third-order valence-corrected chi connectivity index (χ3v) is 1.27. The Balaban J connectivity index is 3.21. The van der Waals surface area contributed by atoms with Crippen molar-refractivity contribution >= 4 is 0 Å². The number of hydrogen-bond acceptors (Lipinski definition) is 3. The van der Waals surface area contributed by atoms with Crippen molar-refractivity contribution in [2.75, 3.05) is 33.9 Å². The van der Waals surface area contributed by atoms with Gasteiger partial charge in [-0.25, -0.2) is 0 Å². The summed E-state index contributed by atoms with van der Waals surface area (Å²) in [7, 11) is 3.60. The minimum absolute atomic E-state index is 0.185. The molecule has 10 heavy (non-hydrogen) atoms. The van der Waals surface area contributed by atoms with Crippen molar-refractivity contribution in [2.45, 2.75) is 13.0 Å². The van der Waals surface area contributed by atoms with Crippen LogP contribution in [0.15, 0.2) is 0 Å². The van der Waals surface area contributed by atoms with E-state index in [-0.39, 0.29) is 6.10 Å². The number of nitrogens with one attached hydrogen (secondary N) is 1. The third kappa shape index (κ3) is 4.73. The Bertz CT molecular complexity index is 68.6. The van der Waals surface area contributed by atoms with Crippen LogP contribution in [0.3, 0.4) is 0 Å². The number of methoxy groups -OCH3 is 1. The standard InChI is InChI=1S/C7H17NO2/c1-4-10-6-7(9-3)5-8-2/h7-8H,4-6H2,1-3H3. The van der Waals surface area contributed by atoms with Crippen molar-refractivity contribution in [3.8, 4) is 0 Å². The van der Waals surface area contributed by atoms with Crippen molar-refractivity contribution in [3.05, 3.63) is 0 Å². The van der Waals surface area contributed by atoms with Crippen LogP contribution in [0, 0.1) is 0 Å². The molecule has 0 spiro atoms. The minimum atomic E-state index is 0.185. The van der Waals surface area contributed by atoms with Crippen molar-refractivity contribution in [2.24, 2.45) is 0 Å².